The van der Waals surface area contributed by atoms with Crippen LogP contribution in [0.3, 0.4) is 0 Å². The topological polar surface area (TPSA) is 71.2 Å². The minimum absolute atomic E-state index is 0.230. The highest BCUT2D eigenvalue weighted by atomic mass is 16.5. The van der Waals surface area contributed by atoms with Crippen LogP contribution in [-0.4, -0.2) is 34.9 Å². The van der Waals surface area contributed by atoms with Crippen molar-refractivity contribution in [3.05, 3.63) is 12.2 Å². The van der Waals surface area contributed by atoms with E-state index in [1.807, 2.05) is 0 Å². The van der Waals surface area contributed by atoms with Crippen LogP contribution >= 0.6 is 0 Å². The highest BCUT2D eigenvalue weighted by Gasteiger charge is 1.96. The summed E-state index contributed by atoms with van der Waals surface area (Å²) in [7, 11) is 0. The van der Waals surface area contributed by atoms with E-state index in [4.69, 9.17) is 9.63 Å². The lowest BCUT2D eigenvalue weighted by molar-refractivity contribution is 0.286. The molecular weight excluding hydrogens is 158 g/mol. The van der Waals surface area contributed by atoms with Crippen LogP contribution in [0.1, 0.15) is 12.3 Å². The molecule has 0 amide bonds. The van der Waals surface area contributed by atoms with Gasteiger partial charge in [-0.1, -0.05) is 5.16 Å². The van der Waals surface area contributed by atoms with Crippen molar-refractivity contribution in [2.24, 2.45) is 0 Å². The number of aromatic nitrogens is 2. The van der Waals surface area contributed by atoms with Gasteiger partial charge < -0.3 is 14.9 Å². The van der Waals surface area contributed by atoms with E-state index in [1.54, 1.807) is 0 Å². The largest absolute Gasteiger partial charge is 0.396 e. The molecule has 0 atom stereocenters. The lowest BCUT2D eigenvalue weighted by atomic mass is 10.4. The molecule has 0 aliphatic carbocycles. The van der Waals surface area contributed by atoms with Crippen LogP contribution in [0.2, 0.25) is 0 Å². The van der Waals surface area contributed by atoms with E-state index >= 15 is 0 Å². The Bertz CT molecular complexity index is 189. The first-order valence-electron chi connectivity index (χ1n) is 4.00. The summed E-state index contributed by atoms with van der Waals surface area (Å²) in [5, 5.41) is 15.1. The Balaban J connectivity index is 1.96. The van der Waals surface area contributed by atoms with Gasteiger partial charge in [-0.15, -0.1) is 0 Å². The van der Waals surface area contributed by atoms with E-state index in [-0.39, 0.29) is 6.61 Å². The zero-order valence-electron chi connectivity index (χ0n) is 6.86. The Labute approximate surface area is 70.8 Å². The van der Waals surface area contributed by atoms with Crippen LogP contribution in [0.15, 0.2) is 10.9 Å². The molecule has 68 valence electrons. The van der Waals surface area contributed by atoms with Gasteiger partial charge in [0.15, 0.2) is 6.33 Å². The fraction of sp³-hybridized carbons (Fsp3) is 0.714. The lowest BCUT2D eigenvalue weighted by Crippen LogP contribution is -2.19. The Kier molecular flexibility index (Phi) is 4.33. The van der Waals surface area contributed by atoms with Crippen LogP contribution in [0.5, 0.6) is 0 Å². The number of nitrogens with one attached hydrogen (secondary N) is 1. The summed E-state index contributed by atoms with van der Waals surface area (Å²) in [5.41, 5.74) is 0. The molecule has 0 spiro atoms. The van der Waals surface area contributed by atoms with Gasteiger partial charge in [0.25, 0.3) is 0 Å². The second-order valence-corrected chi connectivity index (χ2v) is 2.41. The first-order valence-corrected chi connectivity index (χ1v) is 4.00. The van der Waals surface area contributed by atoms with E-state index in [9.17, 15) is 0 Å². The fourth-order valence-electron chi connectivity index (χ4n) is 0.831. The first kappa shape index (κ1) is 9.15. The minimum Gasteiger partial charge on any atom is -0.396 e. The predicted octanol–water partition coefficient (Wildman–Crippen LogP) is -0.416. The molecular formula is C7H13N3O2. The van der Waals surface area contributed by atoms with Gasteiger partial charge in [-0.25, -0.2) is 0 Å². The van der Waals surface area contributed by atoms with Crippen molar-refractivity contribution >= 4 is 0 Å². The monoisotopic (exact) mass is 171 g/mol. The SMILES string of the molecule is OCCCNCCc1ncno1. The highest BCUT2D eigenvalue weighted by molar-refractivity contribution is 4.74. The van der Waals surface area contributed by atoms with E-state index in [0.717, 1.165) is 25.9 Å². The van der Waals surface area contributed by atoms with Crippen molar-refractivity contribution < 1.29 is 9.63 Å². The quantitative estimate of drug-likeness (QED) is 0.569. The molecule has 5 heteroatoms. The second kappa shape index (κ2) is 5.68. The molecule has 1 aromatic heterocycles. The summed E-state index contributed by atoms with van der Waals surface area (Å²) < 4.78 is 4.79. The number of aliphatic hydroxyl groups excluding tert-OH is 1. The minimum atomic E-state index is 0.230. The molecule has 0 aromatic carbocycles. The number of aliphatic hydroxyl groups is 1. The molecule has 5 nitrogen and oxygen atoms in total. The Morgan fingerprint density at radius 3 is 3.08 bits per heavy atom. The first-order chi connectivity index (χ1) is 5.93. The summed E-state index contributed by atoms with van der Waals surface area (Å²) in [5.74, 6) is 0.645. The molecule has 1 aromatic rings. The summed E-state index contributed by atoms with van der Waals surface area (Å²) >= 11 is 0. The molecule has 0 radical (unpaired) electrons. The van der Waals surface area contributed by atoms with Crippen molar-refractivity contribution in [2.75, 3.05) is 19.7 Å². The van der Waals surface area contributed by atoms with E-state index < -0.39 is 0 Å². The maximum atomic E-state index is 8.47. The van der Waals surface area contributed by atoms with Gasteiger partial charge >= 0.3 is 0 Å². The summed E-state index contributed by atoms with van der Waals surface area (Å²) in [6, 6.07) is 0. The van der Waals surface area contributed by atoms with Gasteiger partial charge in [0, 0.05) is 19.6 Å². The Morgan fingerprint density at radius 2 is 2.42 bits per heavy atom. The Hall–Kier alpha value is -0.940. The molecule has 0 saturated heterocycles. The number of nitrogens with zero attached hydrogens (tertiary/aromatic N) is 2. The smallest absolute Gasteiger partial charge is 0.227 e. The third kappa shape index (κ3) is 3.45. The summed E-state index contributed by atoms with van der Waals surface area (Å²) in [6.07, 6.45) is 2.91. The zero-order chi connectivity index (χ0) is 8.65. The summed E-state index contributed by atoms with van der Waals surface area (Å²) in [6.45, 7) is 1.86. The average Bonchev–Trinajstić information content (AvgIpc) is 2.57. The van der Waals surface area contributed by atoms with Crippen molar-refractivity contribution in [3.63, 3.8) is 0 Å². The molecule has 0 unspecified atom stereocenters. The average molecular weight is 171 g/mol. The zero-order valence-corrected chi connectivity index (χ0v) is 6.86. The number of hydrogen-bond acceptors (Lipinski definition) is 5. The molecule has 12 heavy (non-hydrogen) atoms. The van der Waals surface area contributed by atoms with Crippen molar-refractivity contribution in [1.82, 2.24) is 15.5 Å². The fourth-order valence-corrected chi connectivity index (χ4v) is 0.831. The molecule has 0 aliphatic rings. The van der Waals surface area contributed by atoms with Crippen molar-refractivity contribution in [1.29, 1.82) is 0 Å². The van der Waals surface area contributed by atoms with Crippen LogP contribution in [0.4, 0.5) is 0 Å². The van der Waals surface area contributed by atoms with Gasteiger partial charge in [-0.3, -0.25) is 0 Å². The van der Waals surface area contributed by atoms with Gasteiger partial charge in [0.1, 0.15) is 0 Å². The van der Waals surface area contributed by atoms with Gasteiger partial charge in [0.05, 0.1) is 0 Å². The lowest BCUT2D eigenvalue weighted by Gasteiger charge is -1.99. The van der Waals surface area contributed by atoms with E-state index in [0.29, 0.717) is 5.89 Å². The second-order valence-electron chi connectivity index (χ2n) is 2.41. The molecule has 2 N–H and O–H groups in total. The van der Waals surface area contributed by atoms with E-state index in [2.05, 4.69) is 15.5 Å². The third-order valence-corrected chi connectivity index (χ3v) is 1.43. The predicted molar refractivity (Wildman–Crippen MR) is 42.6 cm³/mol. The summed E-state index contributed by atoms with van der Waals surface area (Å²) in [4.78, 5) is 3.87. The normalized spacial score (nSPS) is 10.4. The maximum absolute atomic E-state index is 8.47. The Morgan fingerprint density at radius 1 is 1.50 bits per heavy atom. The van der Waals surface area contributed by atoms with Crippen molar-refractivity contribution in [2.45, 2.75) is 12.8 Å². The van der Waals surface area contributed by atoms with Gasteiger partial charge in [-0.05, 0) is 13.0 Å². The molecule has 0 aliphatic heterocycles. The molecule has 1 rings (SSSR count). The van der Waals surface area contributed by atoms with Crippen LogP contribution < -0.4 is 5.32 Å². The number of hydrogen-bond donors (Lipinski definition) is 2. The number of rotatable bonds is 6. The highest BCUT2D eigenvalue weighted by Crippen LogP contribution is 1.90. The standard InChI is InChI=1S/C7H13N3O2/c11-5-1-3-8-4-2-7-9-6-10-12-7/h6,8,11H,1-5H2. The van der Waals surface area contributed by atoms with Crippen LogP contribution in [0, 0.1) is 0 Å². The van der Waals surface area contributed by atoms with Gasteiger partial charge in [0.2, 0.25) is 5.89 Å². The van der Waals surface area contributed by atoms with Crippen LogP contribution in [-0.2, 0) is 6.42 Å². The van der Waals surface area contributed by atoms with E-state index in [1.165, 1.54) is 6.33 Å². The molecule has 0 saturated carbocycles. The maximum Gasteiger partial charge on any atom is 0.227 e. The molecule has 0 fully saturated rings. The molecule has 0 bridgehead atoms. The van der Waals surface area contributed by atoms with Crippen molar-refractivity contribution in [3.8, 4) is 0 Å². The van der Waals surface area contributed by atoms with Gasteiger partial charge in [-0.2, -0.15) is 4.98 Å². The third-order valence-electron chi connectivity index (χ3n) is 1.43. The molecule has 1 heterocycles. The van der Waals surface area contributed by atoms with Crippen LogP contribution in [0.25, 0.3) is 0 Å².